The van der Waals surface area contributed by atoms with Gasteiger partial charge >= 0.3 is 0 Å². The minimum atomic E-state index is -0.358. The molecule has 0 bridgehead atoms. The Labute approximate surface area is 97.7 Å². The molecule has 0 aliphatic heterocycles. The van der Waals surface area contributed by atoms with E-state index in [1.807, 2.05) is 6.92 Å². The number of anilines is 1. The first-order chi connectivity index (χ1) is 7.66. The zero-order valence-corrected chi connectivity index (χ0v) is 9.48. The van der Waals surface area contributed by atoms with E-state index < -0.39 is 0 Å². The van der Waals surface area contributed by atoms with Crippen molar-refractivity contribution in [3.63, 3.8) is 0 Å². The lowest BCUT2D eigenvalue weighted by Crippen LogP contribution is -2.02. The van der Waals surface area contributed by atoms with Crippen LogP contribution in [0.5, 0.6) is 0 Å². The molecule has 0 atom stereocenters. The maximum absolute atomic E-state index is 13.4. The number of rotatable bonds is 3. The highest BCUT2D eigenvalue weighted by Crippen LogP contribution is 2.24. The molecule has 0 amide bonds. The molecule has 1 heterocycles. The molecule has 0 spiro atoms. The van der Waals surface area contributed by atoms with Crippen molar-refractivity contribution in [2.24, 2.45) is 0 Å². The molecule has 84 valence electrons. The van der Waals surface area contributed by atoms with E-state index in [0.29, 0.717) is 17.3 Å². The van der Waals surface area contributed by atoms with Gasteiger partial charge in [0.15, 0.2) is 0 Å². The lowest BCUT2D eigenvalue weighted by Gasteiger charge is -2.07. The Morgan fingerprint density at radius 1 is 1.50 bits per heavy atom. The molecule has 0 aliphatic rings. The monoisotopic (exact) mass is 239 g/mol. The van der Waals surface area contributed by atoms with E-state index >= 15 is 0 Å². The molecule has 2 rings (SSSR count). The zero-order chi connectivity index (χ0) is 11.5. The quantitative estimate of drug-likeness (QED) is 0.864. The molecule has 0 saturated heterocycles. The van der Waals surface area contributed by atoms with Gasteiger partial charge < -0.3 is 10.3 Å². The van der Waals surface area contributed by atoms with E-state index in [2.05, 4.69) is 15.3 Å². The van der Waals surface area contributed by atoms with Crippen LogP contribution in [-0.2, 0) is 6.54 Å². The van der Waals surface area contributed by atoms with Gasteiger partial charge in [-0.15, -0.1) is 0 Å². The topological polar surface area (TPSA) is 40.7 Å². The van der Waals surface area contributed by atoms with Crippen LogP contribution in [0.1, 0.15) is 11.5 Å². The van der Waals surface area contributed by atoms with Gasteiger partial charge in [-0.05, 0) is 19.1 Å². The number of halogens is 2. The fourth-order valence-corrected chi connectivity index (χ4v) is 1.64. The molecule has 1 aromatic carbocycles. The second-order valence-corrected chi connectivity index (χ2v) is 3.85. The van der Waals surface area contributed by atoms with Crippen LogP contribution in [0.25, 0.3) is 0 Å². The van der Waals surface area contributed by atoms with Gasteiger partial charge in [0.05, 0.1) is 29.1 Å². The fourth-order valence-electron chi connectivity index (χ4n) is 1.41. The number of nitrogens with one attached hydrogen (secondary N) is 2. The molecule has 0 aliphatic carbocycles. The highest BCUT2D eigenvalue weighted by Gasteiger charge is 2.06. The summed E-state index contributed by atoms with van der Waals surface area (Å²) >= 11 is 5.87. The van der Waals surface area contributed by atoms with Gasteiger partial charge in [0.2, 0.25) is 0 Å². The van der Waals surface area contributed by atoms with Crippen molar-refractivity contribution in [3.8, 4) is 0 Å². The molecule has 5 heteroatoms. The van der Waals surface area contributed by atoms with Gasteiger partial charge in [-0.25, -0.2) is 9.37 Å². The first-order valence-electron chi connectivity index (χ1n) is 4.85. The lowest BCUT2D eigenvalue weighted by molar-refractivity contribution is 0.630. The molecular formula is C11H11ClFN3. The predicted octanol–water partition coefficient (Wildman–Crippen LogP) is 3.12. The van der Waals surface area contributed by atoms with E-state index in [9.17, 15) is 4.39 Å². The Morgan fingerprint density at radius 2 is 2.31 bits per heavy atom. The standard InChI is InChI=1S/C11H11ClFN3/c1-7-14-5-8(16-7)6-15-11-9(12)3-2-4-10(11)13/h2-5,15H,6H2,1H3,(H,14,16). The first-order valence-corrected chi connectivity index (χ1v) is 5.23. The number of H-pyrrole nitrogens is 1. The SMILES string of the molecule is Cc1ncc(CNc2c(F)cccc2Cl)[nH]1. The average molecular weight is 240 g/mol. The van der Waals surface area contributed by atoms with Crippen LogP contribution >= 0.6 is 11.6 Å². The van der Waals surface area contributed by atoms with E-state index in [1.165, 1.54) is 6.07 Å². The minimum Gasteiger partial charge on any atom is -0.376 e. The van der Waals surface area contributed by atoms with Gasteiger partial charge in [0.25, 0.3) is 0 Å². The Bertz CT molecular complexity index is 475. The molecule has 16 heavy (non-hydrogen) atoms. The van der Waals surface area contributed by atoms with Crippen molar-refractivity contribution in [2.45, 2.75) is 13.5 Å². The summed E-state index contributed by atoms with van der Waals surface area (Å²) in [4.78, 5) is 7.10. The van der Waals surface area contributed by atoms with Crippen LogP contribution in [0.3, 0.4) is 0 Å². The first kappa shape index (κ1) is 11.0. The average Bonchev–Trinajstić information content (AvgIpc) is 2.63. The molecule has 1 aromatic heterocycles. The fraction of sp³-hybridized carbons (Fsp3) is 0.182. The van der Waals surface area contributed by atoms with Gasteiger partial charge in [-0.2, -0.15) is 0 Å². The third-order valence-electron chi connectivity index (χ3n) is 2.17. The van der Waals surface area contributed by atoms with Crippen molar-refractivity contribution in [3.05, 3.63) is 46.8 Å². The number of aryl methyl sites for hydroxylation is 1. The second-order valence-electron chi connectivity index (χ2n) is 3.44. The number of hydrogen-bond acceptors (Lipinski definition) is 2. The van der Waals surface area contributed by atoms with E-state index in [4.69, 9.17) is 11.6 Å². The number of benzene rings is 1. The highest BCUT2D eigenvalue weighted by molar-refractivity contribution is 6.33. The van der Waals surface area contributed by atoms with Gasteiger partial charge in [-0.3, -0.25) is 0 Å². The molecule has 3 nitrogen and oxygen atoms in total. The summed E-state index contributed by atoms with van der Waals surface area (Å²) in [6.07, 6.45) is 1.71. The van der Waals surface area contributed by atoms with Crippen molar-refractivity contribution in [1.82, 2.24) is 9.97 Å². The summed E-state index contributed by atoms with van der Waals surface area (Å²) in [5.74, 6) is 0.472. The normalized spacial score (nSPS) is 10.4. The van der Waals surface area contributed by atoms with Crippen LogP contribution in [0.2, 0.25) is 5.02 Å². The zero-order valence-electron chi connectivity index (χ0n) is 8.72. The van der Waals surface area contributed by atoms with Crippen LogP contribution in [0.15, 0.2) is 24.4 Å². The van der Waals surface area contributed by atoms with Crippen LogP contribution in [-0.4, -0.2) is 9.97 Å². The molecule has 2 aromatic rings. The third-order valence-corrected chi connectivity index (χ3v) is 2.49. The van der Waals surface area contributed by atoms with E-state index in [-0.39, 0.29) is 5.82 Å². The number of para-hydroxylation sites is 1. The van der Waals surface area contributed by atoms with Crippen LogP contribution in [0, 0.1) is 12.7 Å². The molecule has 0 saturated carbocycles. The Hall–Kier alpha value is -1.55. The summed E-state index contributed by atoms with van der Waals surface area (Å²) in [6.45, 7) is 2.32. The largest absolute Gasteiger partial charge is 0.376 e. The minimum absolute atomic E-state index is 0.316. The van der Waals surface area contributed by atoms with E-state index in [1.54, 1.807) is 18.3 Å². The van der Waals surface area contributed by atoms with Gasteiger partial charge in [-0.1, -0.05) is 17.7 Å². The predicted molar refractivity (Wildman–Crippen MR) is 62.1 cm³/mol. The molecule has 0 unspecified atom stereocenters. The van der Waals surface area contributed by atoms with Crippen molar-refractivity contribution >= 4 is 17.3 Å². The van der Waals surface area contributed by atoms with Crippen molar-refractivity contribution in [1.29, 1.82) is 0 Å². The Morgan fingerprint density at radius 3 is 2.94 bits per heavy atom. The maximum atomic E-state index is 13.4. The second kappa shape index (κ2) is 4.53. The summed E-state index contributed by atoms with van der Waals surface area (Å²) in [5.41, 5.74) is 1.20. The number of nitrogens with zero attached hydrogens (tertiary/aromatic N) is 1. The van der Waals surface area contributed by atoms with Crippen molar-refractivity contribution < 1.29 is 4.39 Å². The van der Waals surface area contributed by atoms with Crippen LogP contribution < -0.4 is 5.32 Å². The maximum Gasteiger partial charge on any atom is 0.147 e. The van der Waals surface area contributed by atoms with Crippen molar-refractivity contribution in [2.75, 3.05) is 5.32 Å². The lowest BCUT2D eigenvalue weighted by atomic mass is 10.3. The van der Waals surface area contributed by atoms with Crippen LogP contribution in [0.4, 0.5) is 10.1 Å². The molecule has 0 radical (unpaired) electrons. The summed E-state index contributed by atoms with van der Waals surface area (Å²) in [5, 5.41) is 3.30. The Balaban J connectivity index is 2.10. The number of imidazole rings is 1. The smallest absolute Gasteiger partial charge is 0.147 e. The molecule has 2 N–H and O–H groups in total. The molecular weight excluding hydrogens is 229 g/mol. The van der Waals surface area contributed by atoms with E-state index in [0.717, 1.165) is 11.5 Å². The molecule has 0 fully saturated rings. The summed E-state index contributed by atoms with van der Waals surface area (Å²) in [7, 11) is 0. The Kier molecular flexibility index (Phi) is 3.10. The summed E-state index contributed by atoms with van der Waals surface area (Å²) < 4.78 is 13.4. The number of aromatic amines is 1. The summed E-state index contributed by atoms with van der Waals surface area (Å²) in [6, 6.07) is 4.58. The third kappa shape index (κ3) is 2.33. The number of hydrogen-bond donors (Lipinski definition) is 2. The highest BCUT2D eigenvalue weighted by atomic mass is 35.5. The number of aromatic nitrogens is 2. The van der Waals surface area contributed by atoms with Gasteiger partial charge in [0.1, 0.15) is 11.6 Å². The van der Waals surface area contributed by atoms with Gasteiger partial charge in [0, 0.05) is 0 Å².